The Bertz CT molecular complexity index is 506. The highest BCUT2D eigenvalue weighted by atomic mass is 32.1. The standard InChI is InChI=1S/C12H16N2O6S/c13-5-10(18)14-9(17)4-2-1-3-7(15)12(14,11(19)20)8(16)6-21/h21H,1-6,13H2,(H,19,20)/t12-/m1/s1. The van der Waals surface area contributed by atoms with E-state index in [0.29, 0.717) is 6.42 Å². The van der Waals surface area contributed by atoms with Crippen molar-refractivity contribution in [3.05, 3.63) is 0 Å². The molecule has 8 nitrogen and oxygen atoms in total. The third-order valence-electron chi connectivity index (χ3n) is 3.31. The predicted molar refractivity (Wildman–Crippen MR) is 73.6 cm³/mol. The summed E-state index contributed by atoms with van der Waals surface area (Å²) in [5.41, 5.74) is 2.33. The molecule has 9 heteroatoms. The Labute approximate surface area is 126 Å². The van der Waals surface area contributed by atoms with Crippen LogP contribution in [0.4, 0.5) is 0 Å². The normalized spacial score (nSPS) is 23.4. The molecule has 0 aromatic carbocycles. The number of imide groups is 1. The van der Waals surface area contributed by atoms with Crippen LogP contribution in [0.3, 0.4) is 0 Å². The van der Waals surface area contributed by atoms with Gasteiger partial charge >= 0.3 is 5.97 Å². The summed E-state index contributed by atoms with van der Waals surface area (Å²) >= 11 is 3.70. The lowest BCUT2D eigenvalue weighted by atomic mass is 9.82. The van der Waals surface area contributed by atoms with E-state index in [1.54, 1.807) is 0 Å². The van der Waals surface area contributed by atoms with Crippen LogP contribution in [0.25, 0.3) is 0 Å². The molecule has 21 heavy (non-hydrogen) atoms. The van der Waals surface area contributed by atoms with Gasteiger partial charge in [0, 0.05) is 12.8 Å². The lowest BCUT2D eigenvalue weighted by Crippen LogP contribution is -2.70. The number of thiol groups is 1. The minimum atomic E-state index is -2.85. The molecular weight excluding hydrogens is 300 g/mol. The van der Waals surface area contributed by atoms with Crippen molar-refractivity contribution in [1.82, 2.24) is 4.90 Å². The molecule has 116 valence electrons. The second-order valence-corrected chi connectivity index (χ2v) is 4.87. The zero-order chi connectivity index (χ0) is 16.2. The summed E-state index contributed by atoms with van der Waals surface area (Å²) in [5, 5.41) is 9.45. The highest BCUT2D eigenvalue weighted by Crippen LogP contribution is 2.27. The average Bonchev–Trinajstić information content (AvgIpc) is 2.45. The van der Waals surface area contributed by atoms with Gasteiger partial charge in [-0.2, -0.15) is 12.6 Å². The van der Waals surface area contributed by atoms with Gasteiger partial charge in [0.1, 0.15) is 0 Å². The summed E-state index contributed by atoms with van der Waals surface area (Å²) in [6, 6.07) is 0. The summed E-state index contributed by atoms with van der Waals surface area (Å²) in [4.78, 5) is 60.3. The van der Waals surface area contributed by atoms with Gasteiger partial charge in [-0.25, -0.2) is 4.79 Å². The first-order valence-electron chi connectivity index (χ1n) is 6.30. The molecule has 0 aromatic rings. The number of hydrogen-bond acceptors (Lipinski definition) is 7. The number of Topliss-reactive ketones (excluding diaryl/α,β-unsaturated/α-hetero) is 2. The van der Waals surface area contributed by atoms with Crippen molar-refractivity contribution in [1.29, 1.82) is 0 Å². The van der Waals surface area contributed by atoms with Crippen LogP contribution in [0, 0.1) is 0 Å². The minimum Gasteiger partial charge on any atom is -0.479 e. The van der Waals surface area contributed by atoms with Crippen molar-refractivity contribution in [3.8, 4) is 0 Å². The summed E-state index contributed by atoms with van der Waals surface area (Å²) < 4.78 is 0. The van der Waals surface area contributed by atoms with Crippen LogP contribution in [-0.4, -0.2) is 57.2 Å². The van der Waals surface area contributed by atoms with Gasteiger partial charge in [-0.3, -0.25) is 24.1 Å². The molecule has 3 N–H and O–H groups in total. The van der Waals surface area contributed by atoms with E-state index >= 15 is 0 Å². The highest BCUT2D eigenvalue weighted by molar-refractivity contribution is 7.81. The smallest absolute Gasteiger partial charge is 0.345 e. The Morgan fingerprint density at radius 1 is 1.24 bits per heavy atom. The van der Waals surface area contributed by atoms with Crippen LogP contribution in [0.15, 0.2) is 0 Å². The van der Waals surface area contributed by atoms with E-state index in [0.717, 1.165) is 0 Å². The molecule has 1 fully saturated rings. The number of carbonyl (C=O) groups excluding carboxylic acids is 4. The fourth-order valence-corrected chi connectivity index (χ4v) is 2.54. The number of carbonyl (C=O) groups is 5. The van der Waals surface area contributed by atoms with Crippen molar-refractivity contribution in [3.63, 3.8) is 0 Å². The number of carboxylic acid groups (broad SMARTS) is 1. The van der Waals surface area contributed by atoms with Crippen molar-refractivity contribution < 1.29 is 29.1 Å². The molecule has 1 saturated heterocycles. The van der Waals surface area contributed by atoms with Crippen LogP contribution in [0.5, 0.6) is 0 Å². The number of amides is 2. The molecule has 0 radical (unpaired) electrons. The molecule has 1 heterocycles. The number of ketones is 2. The Morgan fingerprint density at radius 3 is 2.29 bits per heavy atom. The maximum absolute atomic E-state index is 12.3. The molecule has 0 unspecified atom stereocenters. The summed E-state index contributed by atoms with van der Waals surface area (Å²) in [5.74, 6) is -6.55. The van der Waals surface area contributed by atoms with Crippen LogP contribution in [0.2, 0.25) is 0 Å². The third kappa shape index (κ3) is 2.84. The topological polar surface area (TPSA) is 135 Å². The average molecular weight is 316 g/mol. The van der Waals surface area contributed by atoms with Crippen LogP contribution >= 0.6 is 12.6 Å². The van der Waals surface area contributed by atoms with E-state index in [2.05, 4.69) is 12.6 Å². The van der Waals surface area contributed by atoms with Gasteiger partial charge in [0.25, 0.3) is 5.54 Å². The van der Waals surface area contributed by atoms with E-state index in [4.69, 9.17) is 5.73 Å². The van der Waals surface area contributed by atoms with E-state index in [1.807, 2.05) is 0 Å². The Balaban J connectivity index is 3.60. The fourth-order valence-electron chi connectivity index (χ4n) is 2.31. The van der Waals surface area contributed by atoms with Gasteiger partial charge in [-0.1, -0.05) is 0 Å². The summed E-state index contributed by atoms with van der Waals surface area (Å²) in [6.45, 7) is -0.687. The molecular formula is C12H16N2O6S. The number of carboxylic acids is 1. The molecule has 0 aliphatic carbocycles. The Kier molecular flexibility index (Phi) is 5.62. The number of likely N-dealkylation sites (tertiary alicyclic amines) is 1. The second kappa shape index (κ2) is 6.81. The lowest BCUT2D eigenvalue weighted by Gasteiger charge is -2.37. The van der Waals surface area contributed by atoms with Crippen LogP contribution in [-0.2, 0) is 24.0 Å². The minimum absolute atomic E-state index is 0.131. The van der Waals surface area contributed by atoms with E-state index in [-0.39, 0.29) is 24.2 Å². The number of aliphatic carboxylic acids is 1. The molecule has 2 amide bonds. The highest BCUT2D eigenvalue weighted by Gasteiger charge is 2.60. The largest absolute Gasteiger partial charge is 0.479 e. The molecule has 1 atom stereocenters. The van der Waals surface area contributed by atoms with Gasteiger partial charge < -0.3 is 10.8 Å². The summed E-state index contributed by atoms with van der Waals surface area (Å²) in [6.07, 6.45) is 0.245. The Morgan fingerprint density at radius 2 is 1.81 bits per heavy atom. The molecule has 0 aromatic heterocycles. The van der Waals surface area contributed by atoms with Gasteiger partial charge in [-0.05, 0) is 12.8 Å². The first-order valence-corrected chi connectivity index (χ1v) is 6.94. The predicted octanol–water partition coefficient (Wildman–Crippen LogP) is -1.23. The fraction of sp³-hybridized carbons (Fsp3) is 0.583. The monoisotopic (exact) mass is 316 g/mol. The SMILES string of the molecule is NCC(=O)N1C(=O)CCCCC(=O)[C@]1(C(=O)O)C(=O)CS. The number of hydrogen-bond donors (Lipinski definition) is 3. The zero-order valence-corrected chi connectivity index (χ0v) is 12.1. The first-order chi connectivity index (χ1) is 9.83. The summed E-state index contributed by atoms with van der Waals surface area (Å²) in [7, 11) is 0. The molecule has 0 saturated carbocycles. The van der Waals surface area contributed by atoms with Crippen LogP contribution in [0.1, 0.15) is 25.7 Å². The molecule has 1 rings (SSSR count). The Hall–Kier alpha value is -1.74. The number of nitrogens with two attached hydrogens (primary N) is 1. The first kappa shape index (κ1) is 17.3. The van der Waals surface area contributed by atoms with Gasteiger partial charge in [0.2, 0.25) is 11.8 Å². The maximum Gasteiger partial charge on any atom is 0.345 e. The third-order valence-corrected chi connectivity index (χ3v) is 3.60. The van der Waals surface area contributed by atoms with Gasteiger partial charge in [0.15, 0.2) is 11.6 Å². The molecule has 0 spiro atoms. The molecule has 1 aliphatic heterocycles. The quantitative estimate of drug-likeness (QED) is 0.436. The van der Waals surface area contributed by atoms with E-state index in [1.165, 1.54) is 0 Å². The van der Waals surface area contributed by atoms with Gasteiger partial charge in [0.05, 0.1) is 12.3 Å². The number of rotatable bonds is 4. The van der Waals surface area contributed by atoms with E-state index in [9.17, 15) is 29.1 Å². The zero-order valence-electron chi connectivity index (χ0n) is 11.2. The van der Waals surface area contributed by atoms with Crippen molar-refractivity contribution in [2.45, 2.75) is 31.2 Å². The van der Waals surface area contributed by atoms with Crippen molar-refractivity contribution in [2.24, 2.45) is 5.73 Å². The second-order valence-electron chi connectivity index (χ2n) is 4.55. The van der Waals surface area contributed by atoms with E-state index < -0.39 is 47.2 Å². The number of nitrogens with zero attached hydrogens (tertiary/aromatic N) is 1. The van der Waals surface area contributed by atoms with Crippen LogP contribution < -0.4 is 5.73 Å². The molecule has 1 aliphatic rings. The van der Waals surface area contributed by atoms with Crippen molar-refractivity contribution >= 4 is 42.0 Å². The van der Waals surface area contributed by atoms with Gasteiger partial charge in [-0.15, -0.1) is 0 Å². The maximum atomic E-state index is 12.3. The lowest BCUT2D eigenvalue weighted by molar-refractivity contribution is -0.174. The molecule has 0 bridgehead atoms. The van der Waals surface area contributed by atoms with Crippen molar-refractivity contribution in [2.75, 3.05) is 12.3 Å².